The van der Waals surface area contributed by atoms with Gasteiger partial charge in [-0.1, -0.05) is 0 Å². The first-order valence-electron chi connectivity index (χ1n) is 5.94. The van der Waals surface area contributed by atoms with Crippen LogP contribution in [0.25, 0.3) is 0 Å². The summed E-state index contributed by atoms with van der Waals surface area (Å²) in [6.45, 7) is 12.1. The van der Waals surface area contributed by atoms with E-state index in [1.165, 1.54) is 0 Å². The molecule has 0 heterocycles. The van der Waals surface area contributed by atoms with Crippen LogP contribution in [0.4, 0.5) is 0 Å². The minimum Gasteiger partial charge on any atom is -0.330 e. The van der Waals surface area contributed by atoms with E-state index in [4.69, 9.17) is 14.8 Å². The van der Waals surface area contributed by atoms with Gasteiger partial charge in [-0.3, -0.25) is 9.05 Å². The van der Waals surface area contributed by atoms with Gasteiger partial charge in [0.05, 0.1) is 11.2 Å². The first-order chi connectivity index (χ1) is 7.47. The van der Waals surface area contributed by atoms with E-state index < -0.39 is 18.9 Å². The predicted octanol–water partition coefficient (Wildman–Crippen LogP) is 2.66. The van der Waals surface area contributed by atoms with Crippen molar-refractivity contribution in [3.63, 3.8) is 0 Å². The van der Waals surface area contributed by atoms with Crippen molar-refractivity contribution in [2.45, 2.75) is 59.2 Å². The van der Waals surface area contributed by atoms with Gasteiger partial charge in [0.25, 0.3) is 0 Å². The highest BCUT2D eigenvalue weighted by Gasteiger charge is 2.34. The van der Waals surface area contributed by atoms with Crippen molar-refractivity contribution in [2.24, 2.45) is 5.73 Å². The molecule has 3 N–H and O–H groups in total. The van der Waals surface area contributed by atoms with Crippen LogP contribution >= 0.6 is 7.75 Å². The van der Waals surface area contributed by atoms with Gasteiger partial charge in [-0.25, -0.2) is 9.65 Å². The molecule has 0 aromatic heterocycles. The Morgan fingerprint density at radius 3 is 1.76 bits per heavy atom. The molecule has 0 spiro atoms. The lowest BCUT2D eigenvalue weighted by atomic mass is 10.2. The molecule has 0 rings (SSSR count). The van der Waals surface area contributed by atoms with Gasteiger partial charge >= 0.3 is 7.75 Å². The Balaban J connectivity index is 4.64. The predicted molar refractivity (Wildman–Crippen MR) is 71.0 cm³/mol. The summed E-state index contributed by atoms with van der Waals surface area (Å²) in [4.78, 5) is 0. The molecule has 6 heteroatoms. The number of nitrogens with one attached hydrogen (secondary N) is 1. The lowest BCUT2D eigenvalue weighted by molar-refractivity contribution is 0.0443. The molecule has 0 unspecified atom stereocenters. The third-order valence-electron chi connectivity index (χ3n) is 1.47. The SMILES string of the molecule is CC(C)(C)OP(=O)(NCCCN)OC(C)(C)C. The number of hydrogen-bond acceptors (Lipinski definition) is 4. The van der Waals surface area contributed by atoms with E-state index in [2.05, 4.69) is 5.09 Å². The van der Waals surface area contributed by atoms with Gasteiger partial charge in [0.2, 0.25) is 0 Å². The van der Waals surface area contributed by atoms with Gasteiger partial charge in [0.1, 0.15) is 0 Å². The summed E-state index contributed by atoms with van der Waals surface area (Å²) in [5, 5.41) is 2.84. The first kappa shape index (κ1) is 17.1. The van der Waals surface area contributed by atoms with Crippen LogP contribution in [0.3, 0.4) is 0 Å². The summed E-state index contributed by atoms with van der Waals surface area (Å²) < 4.78 is 23.6. The lowest BCUT2D eigenvalue weighted by Gasteiger charge is -2.32. The molecule has 0 amide bonds. The maximum atomic E-state index is 12.5. The Morgan fingerprint density at radius 2 is 1.47 bits per heavy atom. The Morgan fingerprint density at radius 1 is 1.06 bits per heavy atom. The zero-order valence-corrected chi connectivity index (χ0v) is 12.8. The number of hydrogen-bond donors (Lipinski definition) is 2. The van der Waals surface area contributed by atoms with Crippen molar-refractivity contribution >= 4 is 7.75 Å². The normalized spacial score (nSPS) is 14.1. The molecule has 0 saturated heterocycles. The van der Waals surface area contributed by atoms with Crippen LogP contribution in [0.2, 0.25) is 0 Å². The van der Waals surface area contributed by atoms with E-state index in [0.29, 0.717) is 13.1 Å². The fraction of sp³-hybridized carbons (Fsp3) is 1.00. The van der Waals surface area contributed by atoms with Crippen LogP contribution in [0.5, 0.6) is 0 Å². The minimum atomic E-state index is -3.30. The molecule has 5 nitrogen and oxygen atoms in total. The zero-order valence-electron chi connectivity index (χ0n) is 11.9. The summed E-state index contributed by atoms with van der Waals surface area (Å²) in [5.74, 6) is 0. The summed E-state index contributed by atoms with van der Waals surface area (Å²) in [7, 11) is -3.30. The van der Waals surface area contributed by atoms with Crippen molar-refractivity contribution in [3.8, 4) is 0 Å². The molecule has 0 bridgehead atoms. The highest BCUT2D eigenvalue weighted by Crippen LogP contribution is 2.50. The van der Waals surface area contributed by atoms with E-state index in [-0.39, 0.29) is 0 Å². The van der Waals surface area contributed by atoms with Crippen molar-refractivity contribution in [2.75, 3.05) is 13.1 Å². The monoisotopic (exact) mass is 266 g/mol. The third kappa shape index (κ3) is 9.74. The minimum absolute atomic E-state index is 0.514. The second kappa shape index (κ2) is 6.30. The second-order valence-electron chi connectivity index (χ2n) is 5.96. The van der Waals surface area contributed by atoms with E-state index in [1.807, 2.05) is 41.5 Å². The highest BCUT2D eigenvalue weighted by molar-refractivity contribution is 7.51. The van der Waals surface area contributed by atoms with Crippen molar-refractivity contribution < 1.29 is 13.6 Å². The molecule has 0 radical (unpaired) electrons. The first-order valence-corrected chi connectivity index (χ1v) is 7.48. The molecule has 0 aliphatic rings. The second-order valence-corrected chi connectivity index (χ2v) is 7.63. The van der Waals surface area contributed by atoms with Crippen molar-refractivity contribution in [3.05, 3.63) is 0 Å². The average molecular weight is 266 g/mol. The molecule has 104 valence electrons. The quantitative estimate of drug-likeness (QED) is 0.571. The fourth-order valence-electron chi connectivity index (χ4n) is 1.12. The number of rotatable bonds is 6. The molecule has 0 aliphatic carbocycles. The molecule has 0 aliphatic heterocycles. The molecular weight excluding hydrogens is 239 g/mol. The summed E-state index contributed by atoms with van der Waals surface area (Å²) in [6, 6.07) is 0. The van der Waals surface area contributed by atoms with E-state index in [1.54, 1.807) is 0 Å². The lowest BCUT2D eigenvalue weighted by Crippen LogP contribution is -2.30. The average Bonchev–Trinajstić information content (AvgIpc) is 1.96. The van der Waals surface area contributed by atoms with Crippen LogP contribution in [-0.2, 0) is 13.6 Å². The molecule has 0 saturated carbocycles. The van der Waals surface area contributed by atoms with Gasteiger partial charge < -0.3 is 5.73 Å². The molecular formula is C11H27N2O3P. The Labute approximate surface area is 105 Å². The summed E-state index contributed by atoms with van der Waals surface area (Å²) >= 11 is 0. The summed E-state index contributed by atoms with van der Waals surface area (Å²) in [6.07, 6.45) is 0.727. The largest absolute Gasteiger partial charge is 0.406 e. The van der Waals surface area contributed by atoms with Crippen LogP contribution in [0.15, 0.2) is 0 Å². The van der Waals surface area contributed by atoms with Crippen molar-refractivity contribution in [1.29, 1.82) is 0 Å². The Bertz CT molecular complexity index is 249. The highest BCUT2D eigenvalue weighted by atomic mass is 31.2. The number of nitrogens with two attached hydrogens (primary N) is 1. The van der Waals surface area contributed by atoms with Crippen LogP contribution in [0, 0.1) is 0 Å². The maximum absolute atomic E-state index is 12.5. The summed E-state index contributed by atoms with van der Waals surface area (Å²) in [5.41, 5.74) is 4.34. The Hall–Kier alpha value is 0.0700. The van der Waals surface area contributed by atoms with Gasteiger partial charge in [0, 0.05) is 6.54 Å². The van der Waals surface area contributed by atoms with Gasteiger partial charge in [0.15, 0.2) is 0 Å². The third-order valence-corrected chi connectivity index (χ3v) is 3.66. The smallest absolute Gasteiger partial charge is 0.330 e. The molecule has 17 heavy (non-hydrogen) atoms. The van der Waals surface area contributed by atoms with Crippen LogP contribution in [0.1, 0.15) is 48.0 Å². The van der Waals surface area contributed by atoms with Gasteiger partial charge in [-0.2, -0.15) is 0 Å². The van der Waals surface area contributed by atoms with Crippen molar-refractivity contribution in [1.82, 2.24) is 5.09 Å². The zero-order chi connectivity index (χ0) is 13.7. The Kier molecular flexibility index (Phi) is 6.33. The molecule has 0 atom stereocenters. The van der Waals surface area contributed by atoms with E-state index in [9.17, 15) is 4.57 Å². The fourth-order valence-corrected chi connectivity index (χ4v) is 3.16. The molecule has 0 aromatic rings. The van der Waals surface area contributed by atoms with Crippen LogP contribution < -0.4 is 10.8 Å². The van der Waals surface area contributed by atoms with Gasteiger partial charge in [-0.05, 0) is 54.5 Å². The van der Waals surface area contributed by atoms with Crippen LogP contribution in [-0.4, -0.2) is 24.3 Å². The standard InChI is InChI=1S/C11H27N2O3P/c1-10(2,3)15-17(14,13-9-7-8-12)16-11(4,5)6/h7-9,12H2,1-6H3,(H,13,14). The van der Waals surface area contributed by atoms with E-state index >= 15 is 0 Å². The molecule has 0 aromatic carbocycles. The topological polar surface area (TPSA) is 73.6 Å². The van der Waals surface area contributed by atoms with Gasteiger partial charge in [-0.15, -0.1) is 0 Å². The maximum Gasteiger partial charge on any atom is 0.406 e. The molecule has 0 fully saturated rings. The van der Waals surface area contributed by atoms with E-state index in [0.717, 1.165) is 6.42 Å².